The van der Waals surface area contributed by atoms with Crippen molar-refractivity contribution in [2.75, 3.05) is 0 Å². The third kappa shape index (κ3) is 14.0. The van der Waals surface area contributed by atoms with Crippen molar-refractivity contribution in [3.8, 4) is 0 Å². The Balaban J connectivity index is 3.45. The van der Waals surface area contributed by atoms with Gasteiger partial charge < -0.3 is 5.11 Å². The van der Waals surface area contributed by atoms with E-state index in [1.54, 1.807) is 6.92 Å². The average Bonchev–Trinajstić information content (AvgIpc) is 2.48. The quantitative estimate of drug-likeness (QED) is 0.300. The molecule has 0 saturated carbocycles. The summed E-state index contributed by atoms with van der Waals surface area (Å²) < 4.78 is 31.2. The van der Waals surface area contributed by atoms with Crippen LogP contribution in [-0.2, 0) is 10.1 Å². The van der Waals surface area contributed by atoms with Crippen molar-refractivity contribution in [1.82, 2.24) is 0 Å². The summed E-state index contributed by atoms with van der Waals surface area (Å²) in [5, 5.41) is 9.31. The summed E-state index contributed by atoms with van der Waals surface area (Å²) >= 11 is 0. The summed E-state index contributed by atoms with van der Waals surface area (Å²) in [4.78, 5) is 0. The largest absolute Gasteiger partial charge is 0.393 e. The lowest BCUT2D eigenvalue weighted by Gasteiger charge is -2.11. The summed E-state index contributed by atoms with van der Waals surface area (Å²) in [5.41, 5.74) is 0. The van der Waals surface area contributed by atoms with E-state index in [0.717, 1.165) is 51.4 Å². The Morgan fingerprint density at radius 3 is 1.61 bits per heavy atom. The molecule has 0 aliphatic heterocycles. The van der Waals surface area contributed by atoms with Crippen LogP contribution >= 0.6 is 0 Å². The molecule has 5 heteroatoms. The van der Waals surface area contributed by atoms with E-state index >= 15 is 0 Å². The van der Waals surface area contributed by atoms with Crippen LogP contribution in [0, 0.1) is 0 Å². The van der Waals surface area contributed by atoms with Gasteiger partial charge >= 0.3 is 0 Å². The van der Waals surface area contributed by atoms with Crippen molar-refractivity contribution in [1.29, 1.82) is 0 Å². The normalized spacial score (nSPS) is 14.8. The van der Waals surface area contributed by atoms with Gasteiger partial charge in [0.15, 0.2) is 0 Å². The van der Waals surface area contributed by atoms with Crippen LogP contribution in [0.4, 0.5) is 0 Å². The Hall–Kier alpha value is -0.130. The molecule has 140 valence electrons. The zero-order valence-electron chi connectivity index (χ0n) is 15.2. The molecule has 0 heterocycles. The maximum atomic E-state index is 11.1. The molecule has 2 atom stereocenters. The van der Waals surface area contributed by atoms with E-state index in [1.807, 2.05) is 0 Å². The lowest BCUT2D eigenvalue weighted by molar-refractivity contribution is 0.147. The Bertz CT molecular complexity index is 354. The minimum Gasteiger partial charge on any atom is -0.393 e. The zero-order valence-corrected chi connectivity index (χ0v) is 16.0. The summed E-state index contributed by atoms with van der Waals surface area (Å²) in [5.74, 6) is 0. The van der Waals surface area contributed by atoms with Gasteiger partial charge in [-0.3, -0.25) is 4.55 Å². The molecule has 23 heavy (non-hydrogen) atoms. The first-order valence-corrected chi connectivity index (χ1v) is 11.1. The molecule has 0 aromatic carbocycles. The maximum Gasteiger partial charge on any atom is 0.267 e. The highest BCUT2D eigenvalue weighted by atomic mass is 32.2. The number of aliphatic hydroxyl groups excluding tert-OH is 1. The van der Waals surface area contributed by atoms with Crippen LogP contribution in [-0.4, -0.2) is 29.4 Å². The molecule has 2 N–H and O–H groups in total. The molecule has 0 spiro atoms. The van der Waals surface area contributed by atoms with Crippen molar-refractivity contribution in [2.45, 2.75) is 115 Å². The van der Waals surface area contributed by atoms with Gasteiger partial charge in [-0.2, -0.15) is 8.42 Å². The van der Waals surface area contributed by atoms with Gasteiger partial charge in [0.1, 0.15) is 0 Å². The minimum atomic E-state index is -3.87. The van der Waals surface area contributed by atoms with E-state index < -0.39 is 15.4 Å². The van der Waals surface area contributed by atoms with Crippen LogP contribution in [0.15, 0.2) is 0 Å². The highest BCUT2D eigenvalue weighted by molar-refractivity contribution is 7.86. The molecule has 0 aromatic rings. The van der Waals surface area contributed by atoms with Crippen LogP contribution in [0.5, 0.6) is 0 Å². The number of unbranched alkanes of at least 4 members (excludes halogenated alkanes) is 8. The third-order valence-electron chi connectivity index (χ3n) is 4.58. The zero-order chi connectivity index (χ0) is 17.6. The smallest absolute Gasteiger partial charge is 0.267 e. The predicted molar refractivity (Wildman–Crippen MR) is 97.3 cm³/mol. The topological polar surface area (TPSA) is 74.6 Å². The highest BCUT2D eigenvalue weighted by Gasteiger charge is 2.19. The van der Waals surface area contributed by atoms with Gasteiger partial charge in [-0.15, -0.1) is 0 Å². The van der Waals surface area contributed by atoms with Crippen LogP contribution in [0.3, 0.4) is 0 Å². The molecule has 4 nitrogen and oxygen atoms in total. The van der Waals surface area contributed by atoms with E-state index in [2.05, 4.69) is 6.92 Å². The van der Waals surface area contributed by atoms with E-state index in [9.17, 15) is 13.5 Å². The summed E-state index contributed by atoms with van der Waals surface area (Å²) in [6.07, 6.45) is 14.0. The second kappa shape index (κ2) is 14.2. The molecule has 0 amide bonds. The monoisotopic (exact) mass is 350 g/mol. The first kappa shape index (κ1) is 22.9. The standard InChI is InChI=1S/C18H38O4S/c1-3-5-6-8-11-14-17(19)15-12-9-7-10-13-16-18(4-2)23(20,21)22/h17-19H,3-16H2,1-2H3,(H,20,21,22). The Kier molecular flexibility index (Phi) is 14.2. The molecular formula is C18H38O4S. The molecule has 0 aliphatic rings. The SMILES string of the molecule is CCCCCCCC(O)CCCCCCCC(CC)S(=O)(=O)O. The maximum absolute atomic E-state index is 11.1. The molecule has 0 bridgehead atoms. The fourth-order valence-electron chi connectivity index (χ4n) is 2.97. The van der Waals surface area contributed by atoms with Crippen molar-refractivity contribution >= 4 is 10.1 Å². The molecule has 0 aromatic heterocycles. The van der Waals surface area contributed by atoms with E-state index in [0.29, 0.717) is 12.8 Å². The highest BCUT2D eigenvalue weighted by Crippen LogP contribution is 2.16. The number of aliphatic hydroxyl groups is 1. The summed E-state index contributed by atoms with van der Waals surface area (Å²) in [7, 11) is -3.87. The van der Waals surface area contributed by atoms with Crippen molar-refractivity contribution < 1.29 is 18.1 Å². The molecule has 0 aliphatic carbocycles. The Labute approximate surface area is 143 Å². The molecular weight excluding hydrogens is 312 g/mol. The van der Waals surface area contributed by atoms with E-state index in [4.69, 9.17) is 4.55 Å². The van der Waals surface area contributed by atoms with Gasteiger partial charge in [-0.05, 0) is 25.7 Å². The minimum absolute atomic E-state index is 0.152. The van der Waals surface area contributed by atoms with Crippen molar-refractivity contribution in [3.05, 3.63) is 0 Å². The van der Waals surface area contributed by atoms with Crippen LogP contribution in [0.2, 0.25) is 0 Å². The number of hydrogen-bond donors (Lipinski definition) is 2. The predicted octanol–water partition coefficient (Wildman–Crippen LogP) is 5.10. The second-order valence-electron chi connectivity index (χ2n) is 6.75. The third-order valence-corrected chi connectivity index (χ3v) is 5.99. The first-order chi connectivity index (χ1) is 10.9. The van der Waals surface area contributed by atoms with E-state index in [-0.39, 0.29) is 6.10 Å². The summed E-state index contributed by atoms with van der Waals surface area (Å²) in [6.45, 7) is 4.00. The van der Waals surface area contributed by atoms with Gasteiger partial charge in [0.25, 0.3) is 10.1 Å². The van der Waals surface area contributed by atoms with E-state index in [1.165, 1.54) is 25.7 Å². The van der Waals surface area contributed by atoms with Gasteiger partial charge in [-0.25, -0.2) is 0 Å². The molecule has 0 radical (unpaired) electrons. The van der Waals surface area contributed by atoms with Crippen LogP contribution < -0.4 is 0 Å². The van der Waals surface area contributed by atoms with Crippen molar-refractivity contribution in [2.24, 2.45) is 0 Å². The Morgan fingerprint density at radius 2 is 1.17 bits per heavy atom. The van der Waals surface area contributed by atoms with Gasteiger partial charge in [0.2, 0.25) is 0 Å². The first-order valence-electron chi connectivity index (χ1n) is 9.56. The lowest BCUT2D eigenvalue weighted by Crippen LogP contribution is -2.19. The van der Waals surface area contributed by atoms with Crippen LogP contribution in [0.1, 0.15) is 104 Å². The second-order valence-corrected chi connectivity index (χ2v) is 8.44. The van der Waals surface area contributed by atoms with Gasteiger partial charge in [-0.1, -0.05) is 78.1 Å². The number of rotatable bonds is 16. The molecule has 0 saturated heterocycles. The molecule has 0 fully saturated rings. The average molecular weight is 351 g/mol. The molecule has 0 rings (SSSR count). The number of hydrogen-bond acceptors (Lipinski definition) is 3. The summed E-state index contributed by atoms with van der Waals surface area (Å²) in [6, 6.07) is 0. The Morgan fingerprint density at radius 1 is 0.739 bits per heavy atom. The van der Waals surface area contributed by atoms with Crippen molar-refractivity contribution in [3.63, 3.8) is 0 Å². The lowest BCUT2D eigenvalue weighted by atomic mass is 10.0. The fourth-order valence-corrected chi connectivity index (χ4v) is 3.86. The fraction of sp³-hybridized carbons (Fsp3) is 1.00. The molecule has 2 unspecified atom stereocenters. The van der Waals surface area contributed by atoms with Gasteiger partial charge in [0.05, 0.1) is 11.4 Å². The van der Waals surface area contributed by atoms with Crippen LogP contribution in [0.25, 0.3) is 0 Å². The van der Waals surface area contributed by atoms with Gasteiger partial charge in [0, 0.05) is 0 Å².